The average Bonchev–Trinajstić information content (AvgIpc) is 3.14. The van der Waals surface area contributed by atoms with Crippen LogP contribution in [0.4, 0.5) is 16.2 Å². The molecule has 12 heteroatoms. The van der Waals surface area contributed by atoms with Crippen LogP contribution in [-0.2, 0) is 22.5 Å². The van der Waals surface area contributed by atoms with Gasteiger partial charge < -0.3 is 35.1 Å². The minimum absolute atomic E-state index is 0.0585. The lowest BCUT2D eigenvalue weighted by Crippen LogP contribution is -2.48. The summed E-state index contributed by atoms with van der Waals surface area (Å²) in [5.41, 5.74) is 5.72. The van der Waals surface area contributed by atoms with Crippen molar-refractivity contribution in [3.63, 3.8) is 0 Å². The largest absolute Gasteiger partial charge is 0.506 e. The van der Waals surface area contributed by atoms with Gasteiger partial charge >= 0.3 is 6.09 Å². The molecule has 0 saturated carbocycles. The molecule has 11 nitrogen and oxygen atoms in total. The van der Waals surface area contributed by atoms with E-state index in [1.165, 1.54) is 12.1 Å². The lowest BCUT2D eigenvalue weighted by atomic mass is 9.99. The number of hydrogen-bond donors (Lipinski definition) is 6. The molecule has 0 bridgehead atoms. The number of likely N-dealkylation sites (tertiary alicyclic amines) is 1. The highest BCUT2D eigenvalue weighted by Gasteiger charge is 2.28. The fourth-order valence-corrected chi connectivity index (χ4v) is 7.34. The van der Waals surface area contributed by atoms with Crippen LogP contribution >= 0.6 is 15.9 Å². The Bertz CT molecular complexity index is 2160. The molecule has 1 aliphatic rings. The van der Waals surface area contributed by atoms with Crippen LogP contribution in [0.3, 0.4) is 0 Å². The fraction of sp³-hybridized carbons (Fsp3) is 0.310. The molecule has 6 N–H and O–H groups in total. The van der Waals surface area contributed by atoms with E-state index in [0.717, 1.165) is 57.1 Å². The Labute approximate surface area is 323 Å². The third kappa shape index (κ3) is 10.1. The number of hydrogen-bond acceptors (Lipinski definition) is 7. The summed E-state index contributed by atoms with van der Waals surface area (Å²) in [6.07, 6.45) is 1.84. The maximum absolute atomic E-state index is 13.0. The molecule has 2 amide bonds. The van der Waals surface area contributed by atoms with Gasteiger partial charge in [-0.25, -0.2) is 4.79 Å². The molecule has 0 spiro atoms. The summed E-state index contributed by atoms with van der Waals surface area (Å²) < 4.78 is 7.56. The molecule has 1 aliphatic heterocycles. The molecule has 6 rings (SSSR count). The third-order valence-corrected chi connectivity index (χ3v) is 10.7. The summed E-state index contributed by atoms with van der Waals surface area (Å²) in [6.45, 7) is 2.63. The number of aryl methyl sites for hydroxylation is 1. The van der Waals surface area contributed by atoms with Crippen LogP contribution in [0.15, 0.2) is 100 Å². The Hall–Kier alpha value is -5.01. The normalized spacial score (nSPS) is 14.7. The van der Waals surface area contributed by atoms with Crippen LogP contribution in [-0.4, -0.2) is 71.5 Å². The SMILES string of the molecule is C[N+]1(C)CCC(OC(=O)Nc2cc(CCCC(=O)Nc3ccc(CNC[C@H](O)c4ccc(O)c5[nH]c(=O)ccc45)c(Br)c3)ccc2-c2ccccc2)CC1. The number of H-pyrrole nitrogens is 1. The topological polar surface area (TPSA) is 153 Å². The van der Waals surface area contributed by atoms with E-state index in [1.54, 1.807) is 12.1 Å². The van der Waals surface area contributed by atoms with Gasteiger partial charge in [-0.3, -0.25) is 14.9 Å². The molecule has 54 heavy (non-hydrogen) atoms. The van der Waals surface area contributed by atoms with Crippen molar-refractivity contribution in [2.24, 2.45) is 0 Å². The van der Waals surface area contributed by atoms with Gasteiger partial charge in [0.05, 0.1) is 44.5 Å². The van der Waals surface area contributed by atoms with Gasteiger partial charge in [-0.05, 0) is 65.4 Å². The highest BCUT2D eigenvalue weighted by Crippen LogP contribution is 2.31. The molecule has 0 aliphatic carbocycles. The maximum atomic E-state index is 13.0. The summed E-state index contributed by atoms with van der Waals surface area (Å²) in [4.78, 5) is 40.3. The van der Waals surface area contributed by atoms with Gasteiger partial charge in [0, 0.05) is 59.5 Å². The molecule has 2 heterocycles. The van der Waals surface area contributed by atoms with Gasteiger partial charge in [-0.1, -0.05) is 70.5 Å². The molecular formula is C42H47BrN5O6+. The summed E-state index contributed by atoms with van der Waals surface area (Å²) >= 11 is 3.60. The van der Waals surface area contributed by atoms with Gasteiger partial charge in [-0.2, -0.15) is 0 Å². The molecule has 1 aromatic heterocycles. The Morgan fingerprint density at radius 3 is 2.50 bits per heavy atom. The Kier molecular flexibility index (Phi) is 12.5. The van der Waals surface area contributed by atoms with Crippen molar-refractivity contribution >= 4 is 50.2 Å². The lowest BCUT2D eigenvalue weighted by molar-refractivity contribution is -0.896. The second-order valence-corrected chi connectivity index (χ2v) is 15.4. The van der Waals surface area contributed by atoms with E-state index >= 15 is 0 Å². The number of halogens is 1. The number of ether oxygens (including phenoxy) is 1. The molecule has 0 unspecified atom stereocenters. The number of pyridine rings is 1. The number of anilines is 2. The number of nitrogens with one attached hydrogen (secondary N) is 4. The van der Waals surface area contributed by atoms with Gasteiger partial charge in [0.2, 0.25) is 11.5 Å². The third-order valence-electron chi connectivity index (χ3n) is 9.92. The molecule has 4 aromatic carbocycles. The summed E-state index contributed by atoms with van der Waals surface area (Å²) in [5, 5.41) is 30.8. The van der Waals surface area contributed by atoms with E-state index in [1.807, 2.05) is 66.7 Å². The van der Waals surface area contributed by atoms with Crippen molar-refractivity contribution in [1.82, 2.24) is 10.3 Å². The van der Waals surface area contributed by atoms with Crippen molar-refractivity contribution in [3.8, 4) is 16.9 Å². The number of phenols is 1. The molecule has 5 aromatic rings. The summed E-state index contributed by atoms with van der Waals surface area (Å²) in [7, 11) is 4.39. The number of aromatic hydroxyl groups is 1. The number of piperidine rings is 1. The van der Waals surface area contributed by atoms with Crippen LogP contribution in [0.25, 0.3) is 22.0 Å². The van der Waals surface area contributed by atoms with Crippen LogP contribution in [0.1, 0.15) is 48.5 Å². The molecular weight excluding hydrogens is 750 g/mol. The summed E-state index contributed by atoms with van der Waals surface area (Å²) in [6, 6.07) is 27.6. The lowest BCUT2D eigenvalue weighted by Gasteiger charge is -2.36. The van der Waals surface area contributed by atoms with Gasteiger partial charge in [0.15, 0.2) is 0 Å². The molecule has 1 fully saturated rings. The van der Waals surface area contributed by atoms with E-state index in [2.05, 4.69) is 51.0 Å². The maximum Gasteiger partial charge on any atom is 0.411 e. The number of aliphatic hydroxyl groups excluding tert-OH is 1. The predicted octanol–water partition coefficient (Wildman–Crippen LogP) is 7.24. The minimum Gasteiger partial charge on any atom is -0.506 e. The zero-order chi connectivity index (χ0) is 38.2. The van der Waals surface area contributed by atoms with Gasteiger partial charge in [0.1, 0.15) is 11.9 Å². The first-order valence-corrected chi connectivity index (χ1v) is 19.0. The average molecular weight is 798 g/mol. The van der Waals surface area contributed by atoms with Crippen LogP contribution in [0.5, 0.6) is 5.75 Å². The monoisotopic (exact) mass is 796 g/mol. The standard InChI is InChI=1S/C42H46BrN5O6/c1-48(2)21-19-31(20-22-48)54-42(53)46-36-23-27(11-14-32(36)28-8-4-3-5-9-28)7-6-10-39(51)45-30-13-12-29(35(43)24-30)25-44-26-38(50)33-15-17-37(49)41-34(33)16-18-40(52)47-41/h3-5,8-9,11-18,23-24,31,38,44,50H,6-7,10,19-22,25-26H2,1-2H3,(H3-,45,46,47,49,51,52,53)/p+1/t38-/m0/s1. The van der Waals surface area contributed by atoms with E-state index in [-0.39, 0.29) is 35.4 Å². The number of phenolic OH excluding ortho intramolecular Hbond substituents is 1. The predicted molar refractivity (Wildman–Crippen MR) is 215 cm³/mol. The number of aromatic nitrogens is 1. The van der Waals surface area contributed by atoms with Crippen molar-refractivity contribution in [3.05, 3.63) is 123 Å². The fourth-order valence-electron chi connectivity index (χ4n) is 6.82. The van der Waals surface area contributed by atoms with E-state index in [4.69, 9.17) is 4.74 Å². The van der Waals surface area contributed by atoms with Gasteiger partial charge in [0.25, 0.3) is 0 Å². The molecule has 282 valence electrons. The number of aliphatic hydroxyl groups is 1. The Morgan fingerprint density at radius 1 is 0.963 bits per heavy atom. The quantitative estimate of drug-likeness (QED) is 0.0688. The first kappa shape index (κ1) is 38.7. The first-order valence-electron chi connectivity index (χ1n) is 18.2. The zero-order valence-electron chi connectivity index (χ0n) is 30.5. The van der Waals surface area contributed by atoms with Crippen molar-refractivity contribution in [1.29, 1.82) is 0 Å². The van der Waals surface area contributed by atoms with E-state index in [9.17, 15) is 24.6 Å². The van der Waals surface area contributed by atoms with Crippen molar-refractivity contribution in [2.45, 2.75) is 50.9 Å². The number of amides is 2. The first-order chi connectivity index (χ1) is 25.9. The second-order valence-electron chi connectivity index (χ2n) is 14.5. The van der Waals surface area contributed by atoms with Crippen LogP contribution in [0.2, 0.25) is 0 Å². The highest BCUT2D eigenvalue weighted by molar-refractivity contribution is 9.10. The Balaban J connectivity index is 0.995. The van der Waals surface area contributed by atoms with Crippen LogP contribution < -0.4 is 21.5 Å². The smallest absolute Gasteiger partial charge is 0.411 e. The number of rotatable bonds is 13. The Morgan fingerprint density at radius 2 is 1.74 bits per heavy atom. The van der Waals surface area contributed by atoms with Crippen molar-refractivity contribution < 1.29 is 29.0 Å². The molecule has 0 radical (unpaired) electrons. The second kappa shape index (κ2) is 17.4. The minimum atomic E-state index is -0.878. The number of nitrogens with zero attached hydrogens (tertiary/aromatic N) is 1. The number of fused-ring (bicyclic) bond motifs is 1. The number of aromatic amines is 1. The number of carbonyl (C=O) groups is 2. The van der Waals surface area contributed by atoms with Crippen molar-refractivity contribution in [2.75, 3.05) is 44.4 Å². The van der Waals surface area contributed by atoms with Crippen LogP contribution in [0, 0.1) is 0 Å². The number of carbonyl (C=O) groups excluding carboxylic acids is 2. The van der Waals surface area contributed by atoms with E-state index < -0.39 is 12.2 Å². The van der Waals surface area contributed by atoms with E-state index in [0.29, 0.717) is 48.1 Å². The number of benzene rings is 4. The van der Waals surface area contributed by atoms with Gasteiger partial charge in [-0.15, -0.1) is 0 Å². The molecule has 1 saturated heterocycles. The highest BCUT2D eigenvalue weighted by atomic mass is 79.9. The summed E-state index contributed by atoms with van der Waals surface area (Å²) in [5.74, 6) is -0.160. The zero-order valence-corrected chi connectivity index (χ0v) is 32.1. The molecule has 1 atom stereocenters. The number of quaternary nitrogens is 1.